The minimum Gasteiger partial charge on any atom is -0.493 e. The van der Waals surface area contributed by atoms with Gasteiger partial charge < -0.3 is 14.4 Å². The van der Waals surface area contributed by atoms with E-state index in [0.29, 0.717) is 27.1 Å². The SMILES string of the molecule is C=C(OC)/C(=C\C(=C/C)N(C=N)C(=O)/C(=C/C)Sc1cc(N(C)C)ccn1)OC.CC. The van der Waals surface area contributed by atoms with E-state index < -0.39 is 0 Å². The van der Waals surface area contributed by atoms with E-state index in [2.05, 4.69) is 11.6 Å². The Morgan fingerprint density at radius 1 is 1.19 bits per heavy atom. The molecule has 0 radical (unpaired) electrons. The van der Waals surface area contributed by atoms with E-state index in [1.54, 1.807) is 38.3 Å². The van der Waals surface area contributed by atoms with Crippen molar-refractivity contribution < 1.29 is 14.3 Å². The number of amides is 1. The first-order chi connectivity index (χ1) is 14.8. The standard InChI is InChI=1S/C21H28N4O3S.C2H6/c1-8-16(12-18(28-7)15(3)27-6)25(14-22)21(26)19(9-2)29-20-13-17(24(4)5)10-11-23-20;1-2/h8-14,22H,3H2,1-2,4-7H3;1-2H3/b16-8+,18-12+,19-9-,22-14?;. The third-order valence-electron chi connectivity index (χ3n) is 3.86. The first kappa shape index (κ1) is 28.0. The number of ether oxygens (including phenoxy) is 2. The van der Waals surface area contributed by atoms with Gasteiger partial charge in [-0.15, -0.1) is 0 Å². The van der Waals surface area contributed by atoms with E-state index in [9.17, 15) is 4.79 Å². The lowest BCUT2D eigenvalue weighted by atomic mass is 10.2. The summed E-state index contributed by atoms with van der Waals surface area (Å²) in [4.78, 5) is 21.1. The van der Waals surface area contributed by atoms with Crippen LogP contribution in [0.25, 0.3) is 0 Å². The summed E-state index contributed by atoms with van der Waals surface area (Å²) in [6.07, 6.45) is 7.66. The van der Waals surface area contributed by atoms with E-state index in [0.717, 1.165) is 12.0 Å². The highest BCUT2D eigenvalue weighted by atomic mass is 32.2. The summed E-state index contributed by atoms with van der Waals surface area (Å²) in [7, 11) is 6.84. The molecule has 31 heavy (non-hydrogen) atoms. The van der Waals surface area contributed by atoms with Crippen LogP contribution in [0.15, 0.2) is 70.3 Å². The van der Waals surface area contributed by atoms with Crippen LogP contribution < -0.4 is 4.90 Å². The maximum Gasteiger partial charge on any atom is 0.270 e. The predicted octanol–water partition coefficient (Wildman–Crippen LogP) is 5.20. The van der Waals surface area contributed by atoms with Crippen LogP contribution in [0.2, 0.25) is 0 Å². The van der Waals surface area contributed by atoms with Crippen molar-refractivity contribution in [3.8, 4) is 0 Å². The average Bonchev–Trinajstić information content (AvgIpc) is 2.80. The molecule has 0 aliphatic carbocycles. The van der Waals surface area contributed by atoms with Crippen molar-refractivity contribution in [1.82, 2.24) is 9.88 Å². The number of carbonyl (C=O) groups is 1. The smallest absolute Gasteiger partial charge is 0.270 e. The van der Waals surface area contributed by atoms with Gasteiger partial charge in [0.25, 0.3) is 5.91 Å². The van der Waals surface area contributed by atoms with Gasteiger partial charge in [0.15, 0.2) is 11.5 Å². The molecule has 0 aromatic carbocycles. The number of hydrogen-bond donors (Lipinski definition) is 1. The second kappa shape index (κ2) is 14.9. The predicted molar refractivity (Wildman–Crippen MR) is 130 cm³/mol. The van der Waals surface area contributed by atoms with Crippen LogP contribution in [-0.2, 0) is 14.3 Å². The highest BCUT2D eigenvalue weighted by Gasteiger charge is 2.21. The van der Waals surface area contributed by atoms with Gasteiger partial charge in [0.1, 0.15) is 5.03 Å². The van der Waals surface area contributed by atoms with Gasteiger partial charge in [-0.25, -0.2) is 4.98 Å². The molecule has 0 saturated carbocycles. The number of nitrogens with one attached hydrogen (secondary N) is 1. The van der Waals surface area contributed by atoms with E-state index in [-0.39, 0.29) is 5.91 Å². The fourth-order valence-electron chi connectivity index (χ4n) is 2.22. The lowest BCUT2D eigenvalue weighted by molar-refractivity contribution is -0.121. The normalized spacial score (nSPS) is 11.7. The molecule has 7 nitrogen and oxygen atoms in total. The number of anilines is 1. The number of aromatic nitrogens is 1. The van der Waals surface area contributed by atoms with E-state index in [1.807, 2.05) is 45.0 Å². The Kier molecular flexibility index (Phi) is 13.5. The summed E-state index contributed by atoms with van der Waals surface area (Å²) < 4.78 is 10.4. The van der Waals surface area contributed by atoms with Crippen LogP contribution in [-0.4, -0.2) is 50.4 Å². The minimum atomic E-state index is -0.354. The fraction of sp³-hybridized carbons (Fsp3) is 0.348. The zero-order chi connectivity index (χ0) is 24.0. The zero-order valence-electron chi connectivity index (χ0n) is 19.7. The molecule has 1 N–H and O–H groups in total. The van der Waals surface area contributed by atoms with Crippen molar-refractivity contribution in [1.29, 1.82) is 5.41 Å². The molecule has 1 rings (SSSR count). The topological polar surface area (TPSA) is 78.8 Å². The van der Waals surface area contributed by atoms with Crippen LogP contribution in [0.1, 0.15) is 27.7 Å². The van der Waals surface area contributed by atoms with Gasteiger partial charge >= 0.3 is 0 Å². The van der Waals surface area contributed by atoms with Crippen molar-refractivity contribution in [3.63, 3.8) is 0 Å². The lowest BCUT2D eigenvalue weighted by Gasteiger charge is -2.20. The first-order valence-electron chi connectivity index (χ1n) is 9.79. The number of methoxy groups -OCH3 is 2. The van der Waals surface area contributed by atoms with Crippen molar-refractivity contribution in [2.24, 2.45) is 0 Å². The minimum absolute atomic E-state index is 0.314. The monoisotopic (exact) mass is 446 g/mol. The molecule has 0 aliphatic rings. The molecule has 0 saturated heterocycles. The summed E-state index contributed by atoms with van der Waals surface area (Å²) in [5.41, 5.74) is 1.43. The van der Waals surface area contributed by atoms with E-state index in [1.165, 1.54) is 30.9 Å². The molecule has 1 aromatic heterocycles. The number of rotatable bonds is 10. The molecule has 1 amide bonds. The molecular weight excluding hydrogens is 412 g/mol. The molecule has 0 unspecified atom stereocenters. The molecule has 0 bridgehead atoms. The Morgan fingerprint density at radius 2 is 1.84 bits per heavy atom. The van der Waals surface area contributed by atoms with E-state index in [4.69, 9.17) is 14.9 Å². The van der Waals surface area contributed by atoms with Gasteiger partial charge in [0.05, 0.1) is 25.5 Å². The molecule has 0 spiro atoms. The Morgan fingerprint density at radius 3 is 2.29 bits per heavy atom. The van der Waals surface area contributed by atoms with Crippen LogP contribution in [0.3, 0.4) is 0 Å². The van der Waals surface area contributed by atoms with Gasteiger partial charge in [0, 0.05) is 37.8 Å². The zero-order valence-corrected chi connectivity index (χ0v) is 20.5. The molecule has 8 heteroatoms. The Bertz CT molecular complexity index is 845. The molecule has 170 valence electrons. The highest BCUT2D eigenvalue weighted by Crippen LogP contribution is 2.29. The van der Waals surface area contributed by atoms with Gasteiger partial charge in [-0.1, -0.05) is 44.3 Å². The van der Waals surface area contributed by atoms with Crippen molar-refractivity contribution in [3.05, 3.63) is 65.3 Å². The van der Waals surface area contributed by atoms with Crippen LogP contribution >= 0.6 is 11.8 Å². The fourth-order valence-corrected chi connectivity index (χ4v) is 3.04. The number of nitrogens with zero attached hydrogens (tertiary/aromatic N) is 3. The van der Waals surface area contributed by atoms with Gasteiger partial charge in [-0.05, 0) is 26.0 Å². The molecular formula is C23H34N4O3S. The van der Waals surface area contributed by atoms with Crippen LogP contribution in [0.4, 0.5) is 5.69 Å². The first-order valence-corrected chi connectivity index (χ1v) is 10.6. The maximum atomic E-state index is 13.1. The van der Waals surface area contributed by atoms with Gasteiger partial charge in [0.2, 0.25) is 0 Å². The van der Waals surface area contributed by atoms with Gasteiger partial charge in [-0.2, -0.15) is 0 Å². The number of carbonyl (C=O) groups excluding carboxylic acids is 1. The summed E-state index contributed by atoms with van der Waals surface area (Å²) in [5, 5.41) is 8.46. The second-order valence-corrected chi connectivity index (χ2v) is 6.92. The Balaban J connectivity index is 0.00000436. The second-order valence-electron chi connectivity index (χ2n) is 5.86. The molecule has 1 heterocycles. The highest BCUT2D eigenvalue weighted by molar-refractivity contribution is 8.04. The summed E-state index contributed by atoms with van der Waals surface area (Å²) in [6.45, 7) is 11.3. The quantitative estimate of drug-likeness (QED) is 0.133. The van der Waals surface area contributed by atoms with Crippen molar-refractivity contribution in [2.45, 2.75) is 32.7 Å². The van der Waals surface area contributed by atoms with Crippen LogP contribution in [0, 0.1) is 5.41 Å². The summed E-state index contributed by atoms with van der Waals surface area (Å²) >= 11 is 1.24. The Labute approximate surface area is 190 Å². The largest absolute Gasteiger partial charge is 0.493 e. The molecule has 0 atom stereocenters. The van der Waals surface area contributed by atoms with Crippen molar-refractivity contribution in [2.75, 3.05) is 33.2 Å². The number of pyridine rings is 1. The number of hydrogen-bond acceptors (Lipinski definition) is 7. The molecule has 1 aromatic rings. The van der Waals surface area contributed by atoms with E-state index >= 15 is 0 Å². The summed E-state index contributed by atoms with van der Waals surface area (Å²) in [6, 6.07) is 3.79. The van der Waals surface area contributed by atoms with Crippen molar-refractivity contribution >= 4 is 29.7 Å². The Hall–Kier alpha value is -3.00. The lowest BCUT2D eigenvalue weighted by Crippen LogP contribution is -2.29. The summed E-state index contributed by atoms with van der Waals surface area (Å²) in [5.74, 6) is 0.317. The third kappa shape index (κ3) is 8.33. The maximum absolute atomic E-state index is 13.1. The number of allylic oxidation sites excluding steroid dienone is 3. The molecule has 0 fully saturated rings. The number of thioether (sulfide) groups is 1. The third-order valence-corrected chi connectivity index (χ3v) is 4.93. The van der Waals surface area contributed by atoms with Crippen LogP contribution in [0.5, 0.6) is 0 Å². The average molecular weight is 447 g/mol. The molecule has 0 aliphatic heterocycles. The van der Waals surface area contributed by atoms with Gasteiger partial charge in [-0.3, -0.25) is 15.1 Å².